The first kappa shape index (κ1) is 21.4. The molecule has 1 aromatic carbocycles. The van der Waals surface area contributed by atoms with Crippen LogP contribution in [0.15, 0.2) is 48.8 Å². The third-order valence-electron chi connectivity index (χ3n) is 3.40. The Balaban J connectivity index is 0.00000242. The summed E-state index contributed by atoms with van der Waals surface area (Å²) in [6.45, 7) is 2.69. The molecular formula is C17H23Cl2N3O. The molecule has 6 heteroatoms. The van der Waals surface area contributed by atoms with Crippen molar-refractivity contribution in [3.8, 4) is 11.1 Å². The molecule has 1 unspecified atom stereocenters. The number of amides is 1. The zero-order valence-electron chi connectivity index (χ0n) is 13.3. The summed E-state index contributed by atoms with van der Waals surface area (Å²) in [6, 6.07) is 12.2. The topological polar surface area (TPSA) is 54.0 Å². The van der Waals surface area contributed by atoms with E-state index in [1.807, 2.05) is 26.1 Å². The predicted octanol–water partition coefficient (Wildman–Crippen LogP) is 3.38. The number of nitrogens with one attached hydrogen (secondary N) is 2. The third kappa shape index (κ3) is 6.57. The van der Waals surface area contributed by atoms with Gasteiger partial charge in [-0.3, -0.25) is 9.78 Å². The minimum Gasteiger partial charge on any atom is -0.350 e. The first-order valence-electron chi connectivity index (χ1n) is 7.15. The van der Waals surface area contributed by atoms with Gasteiger partial charge >= 0.3 is 0 Å². The second kappa shape index (κ2) is 11.0. The van der Waals surface area contributed by atoms with Crippen molar-refractivity contribution in [2.75, 3.05) is 13.6 Å². The van der Waals surface area contributed by atoms with Gasteiger partial charge in [-0.2, -0.15) is 0 Å². The molecule has 0 aliphatic rings. The Bertz CT molecular complexity index is 576. The molecule has 0 spiro atoms. The van der Waals surface area contributed by atoms with Crippen LogP contribution in [-0.2, 0) is 4.79 Å². The number of hydrogen-bond acceptors (Lipinski definition) is 3. The summed E-state index contributed by atoms with van der Waals surface area (Å²) >= 11 is 0. The van der Waals surface area contributed by atoms with Gasteiger partial charge in [0.1, 0.15) is 0 Å². The van der Waals surface area contributed by atoms with Crippen LogP contribution in [0.25, 0.3) is 11.1 Å². The summed E-state index contributed by atoms with van der Waals surface area (Å²) in [5, 5.41) is 5.97. The molecule has 1 atom stereocenters. The van der Waals surface area contributed by atoms with Crippen LogP contribution in [0, 0.1) is 0 Å². The molecule has 1 aromatic heterocycles. The van der Waals surface area contributed by atoms with Crippen LogP contribution in [0.2, 0.25) is 0 Å². The maximum Gasteiger partial charge on any atom is 0.221 e. The van der Waals surface area contributed by atoms with Gasteiger partial charge in [-0.25, -0.2) is 0 Å². The lowest BCUT2D eigenvalue weighted by Gasteiger charge is -2.15. The van der Waals surface area contributed by atoms with Crippen molar-refractivity contribution in [3.05, 3.63) is 54.4 Å². The van der Waals surface area contributed by atoms with Gasteiger partial charge in [0.25, 0.3) is 0 Å². The van der Waals surface area contributed by atoms with Crippen LogP contribution in [-0.4, -0.2) is 24.5 Å². The van der Waals surface area contributed by atoms with Gasteiger partial charge < -0.3 is 10.6 Å². The summed E-state index contributed by atoms with van der Waals surface area (Å²) in [5.41, 5.74) is 3.39. The molecule has 0 aliphatic heterocycles. The number of carbonyl (C=O) groups is 1. The molecular weight excluding hydrogens is 333 g/mol. The van der Waals surface area contributed by atoms with Crippen LogP contribution >= 0.6 is 24.8 Å². The number of aromatic nitrogens is 1. The quantitative estimate of drug-likeness (QED) is 0.834. The Morgan fingerprint density at radius 3 is 2.17 bits per heavy atom. The van der Waals surface area contributed by atoms with Crippen molar-refractivity contribution in [1.29, 1.82) is 0 Å². The van der Waals surface area contributed by atoms with Crippen molar-refractivity contribution in [3.63, 3.8) is 0 Å². The highest BCUT2D eigenvalue weighted by molar-refractivity contribution is 5.85. The van der Waals surface area contributed by atoms with E-state index in [0.29, 0.717) is 13.0 Å². The van der Waals surface area contributed by atoms with Crippen molar-refractivity contribution < 1.29 is 4.79 Å². The standard InChI is InChI=1S/C17H21N3O.2ClH/c1-13(20-17(21)9-10-18-2)14-3-5-15(6-4-14)16-7-11-19-12-8-16;;/h3-8,11-13,18H,9-10H2,1-2H3,(H,20,21);2*1H. The molecule has 0 saturated heterocycles. The van der Waals surface area contributed by atoms with Crippen molar-refractivity contribution in [2.45, 2.75) is 19.4 Å². The van der Waals surface area contributed by atoms with E-state index in [1.54, 1.807) is 12.4 Å². The number of rotatable bonds is 6. The molecule has 4 nitrogen and oxygen atoms in total. The van der Waals surface area contributed by atoms with Crippen molar-refractivity contribution in [1.82, 2.24) is 15.6 Å². The van der Waals surface area contributed by atoms with Gasteiger partial charge in [-0.15, -0.1) is 24.8 Å². The number of carbonyl (C=O) groups excluding carboxylic acids is 1. The van der Waals surface area contributed by atoms with E-state index in [1.165, 1.54) is 0 Å². The Morgan fingerprint density at radius 2 is 1.61 bits per heavy atom. The summed E-state index contributed by atoms with van der Waals surface area (Å²) in [6.07, 6.45) is 4.07. The van der Waals surface area contributed by atoms with Gasteiger partial charge in [0.2, 0.25) is 5.91 Å². The molecule has 23 heavy (non-hydrogen) atoms. The van der Waals surface area contributed by atoms with Gasteiger partial charge in [0.05, 0.1) is 6.04 Å². The number of halogens is 2. The van der Waals surface area contributed by atoms with E-state index in [2.05, 4.69) is 39.9 Å². The zero-order valence-corrected chi connectivity index (χ0v) is 14.9. The van der Waals surface area contributed by atoms with Crippen molar-refractivity contribution >= 4 is 30.7 Å². The first-order chi connectivity index (χ1) is 10.2. The van der Waals surface area contributed by atoms with E-state index >= 15 is 0 Å². The lowest BCUT2D eigenvalue weighted by molar-refractivity contribution is -0.121. The lowest BCUT2D eigenvalue weighted by Crippen LogP contribution is -2.28. The minimum absolute atomic E-state index is 0. The van der Waals surface area contributed by atoms with E-state index < -0.39 is 0 Å². The fourth-order valence-electron chi connectivity index (χ4n) is 2.14. The summed E-state index contributed by atoms with van der Waals surface area (Å²) < 4.78 is 0. The van der Waals surface area contributed by atoms with E-state index in [0.717, 1.165) is 16.7 Å². The van der Waals surface area contributed by atoms with Crippen LogP contribution < -0.4 is 10.6 Å². The molecule has 0 radical (unpaired) electrons. The highest BCUT2D eigenvalue weighted by atomic mass is 35.5. The first-order valence-corrected chi connectivity index (χ1v) is 7.15. The molecule has 0 fully saturated rings. The third-order valence-corrected chi connectivity index (χ3v) is 3.40. The second-order valence-corrected chi connectivity index (χ2v) is 5.00. The number of pyridine rings is 1. The smallest absolute Gasteiger partial charge is 0.221 e. The normalized spacial score (nSPS) is 10.9. The second-order valence-electron chi connectivity index (χ2n) is 5.00. The number of nitrogens with zero attached hydrogens (tertiary/aromatic N) is 1. The van der Waals surface area contributed by atoms with Crippen molar-refractivity contribution in [2.24, 2.45) is 0 Å². The molecule has 1 amide bonds. The average Bonchev–Trinajstić information content (AvgIpc) is 2.54. The van der Waals surface area contributed by atoms with Crippen LogP contribution in [0.4, 0.5) is 0 Å². The molecule has 2 N–H and O–H groups in total. The van der Waals surface area contributed by atoms with Crippen LogP contribution in [0.3, 0.4) is 0 Å². The summed E-state index contributed by atoms with van der Waals surface area (Å²) in [5.74, 6) is 0.0649. The maximum absolute atomic E-state index is 11.7. The molecule has 126 valence electrons. The average molecular weight is 356 g/mol. The molecule has 1 heterocycles. The highest BCUT2D eigenvalue weighted by Gasteiger charge is 2.09. The maximum atomic E-state index is 11.7. The monoisotopic (exact) mass is 355 g/mol. The summed E-state index contributed by atoms with van der Waals surface area (Å²) in [4.78, 5) is 15.7. The van der Waals surface area contributed by atoms with E-state index in [9.17, 15) is 4.79 Å². The fourth-order valence-corrected chi connectivity index (χ4v) is 2.14. The predicted molar refractivity (Wildman–Crippen MR) is 99.3 cm³/mol. The van der Waals surface area contributed by atoms with Gasteiger partial charge in [-0.05, 0) is 42.8 Å². The van der Waals surface area contributed by atoms with E-state index in [4.69, 9.17) is 0 Å². The summed E-state index contributed by atoms with van der Waals surface area (Å²) in [7, 11) is 1.84. The highest BCUT2D eigenvalue weighted by Crippen LogP contribution is 2.21. The Labute approximate surface area is 149 Å². The molecule has 2 rings (SSSR count). The minimum atomic E-state index is 0. The molecule has 0 aliphatic carbocycles. The lowest BCUT2D eigenvalue weighted by atomic mass is 10.0. The molecule has 0 bridgehead atoms. The zero-order chi connectivity index (χ0) is 15.1. The van der Waals surface area contributed by atoms with Gasteiger partial charge in [0, 0.05) is 25.4 Å². The Hall–Kier alpha value is -1.62. The van der Waals surface area contributed by atoms with Crippen LogP contribution in [0.5, 0.6) is 0 Å². The van der Waals surface area contributed by atoms with Gasteiger partial charge in [0.15, 0.2) is 0 Å². The van der Waals surface area contributed by atoms with E-state index in [-0.39, 0.29) is 36.8 Å². The van der Waals surface area contributed by atoms with Crippen LogP contribution in [0.1, 0.15) is 24.9 Å². The Kier molecular flexibility index (Phi) is 10.2. The van der Waals surface area contributed by atoms with Gasteiger partial charge in [-0.1, -0.05) is 24.3 Å². The largest absolute Gasteiger partial charge is 0.350 e. The SMILES string of the molecule is CNCCC(=O)NC(C)c1ccc(-c2ccncc2)cc1.Cl.Cl. The molecule has 2 aromatic rings. The fraction of sp³-hybridized carbons (Fsp3) is 0.294. The number of benzene rings is 1. The number of hydrogen-bond donors (Lipinski definition) is 2. The Morgan fingerprint density at radius 1 is 1.04 bits per heavy atom. The molecule has 0 saturated carbocycles.